The van der Waals surface area contributed by atoms with Crippen molar-refractivity contribution in [3.8, 4) is 17.2 Å². The van der Waals surface area contributed by atoms with Crippen LogP contribution in [0.4, 0.5) is 0 Å². The number of fused-ring (bicyclic) bond motifs is 4. The van der Waals surface area contributed by atoms with Crippen LogP contribution in [0.2, 0.25) is 0 Å². The predicted molar refractivity (Wildman–Crippen MR) is 99.6 cm³/mol. The van der Waals surface area contributed by atoms with Gasteiger partial charge in [-0.05, 0) is 40.8 Å². The number of hydrogen-bond donors (Lipinski definition) is 0. The Morgan fingerprint density at radius 2 is 1.35 bits per heavy atom. The molecule has 0 radical (unpaired) electrons. The zero-order valence-electron chi connectivity index (χ0n) is 12.1. The van der Waals surface area contributed by atoms with E-state index < -0.39 is 0 Å². The molecule has 0 bridgehead atoms. The summed E-state index contributed by atoms with van der Waals surface area (Å²) in [5.41, 5.74) is 3.52. The highest BCUT2D eigenvalue weighted by molar-refractivity contribution is 14.1. The van der Waals surface area contributed by atoms with Gasteiger partial charge in [0.15, 0.2) is 11.5 Å². The molecular formula is C19H12INO2. The van der Waals surface area contributed by atoms with Crippen LogP contribution in [0.25, 0.3) is 27.5 Å². The van der Waals surface area contributed by atoms with Gasteiger partial charge in [0.1, 0.15) is 0 Å². The molecule has 0 fully saturated rings. The quantitative estimate of drug-likeness (QED) is 0.405. The van der Waals surface area contributed by atoms with Gasteiger partial charge in [-0.2, -0.15) is 0 Å². The van der Waals surface area contributed by atoms with E-state index in [4.69, 9.17) is 9.47 Å². The van der Waals surface area contributed by atoms with Gasteiger partial charge >= 0.3 is 0 Å². The van der Waals surface area contributed by atoms with E-state index in [1.807, 2.05) is 6.07 Å². The lowest BCUT2D eigenvalue weighted by atomic mass is 10.2. The first kappa shape index (κ1) is 13.2. The van der Waals surface area contributed by atoms with Gasteiger partial charge in [-0.1, -0.05) is 36.4 Å². The summed E-state index contributed by atoms with van der Waals surface area (Å²) in [5.74, 6) is 1.63. The van der Waals surface area contributed by atoms with Gasteiger partial charge in [0.05, 0.1) is 16.7 Å². The molecule has 0 amide bonds. The molecular weight excluding hydrogens is 401 g/mol. The molecule has 0 N–H and O–H groups in total. The first-order valence-corrected chi connectivity index (χ1v) is 8.48. The maximum Gasteiger partial charge on any atom is 0.231 e. The number of hydrogen-bond acceptors (Lipinski definition) is 2. The van der Waals surface area contributed by atoms with E-state index in [0.717, 1.165) is 20.8 Å². The third kappa shape index (κ3) is 1.88. The fourth-order valence-electron chi connectivity index (χ4n) is 3.26. The van der Waals surface area contributed by atoms with Gasteiger partial charge in [0.2, 0.25) is 6.79 Å². The van der Waals surface area contributed by atoms with Crippen LogP contribution in [0.3, 0.4) is 0 Å². The average molecular weight is 413 g/mol. The normalized spacial score (nSPS) is 13.1. The van der Waals surface area contributed by atoms with Crippen molar-refractivity contribution in [2.75, 3.05) is 6.79 Å². The van der Waals surface area contributed by atoms with Gasteiger partial charge in [-0.25, -0.2) is 0 Å². The molecule has 3 nitrogen and oxygen atoms in total. The second-order valence-corrected chi connectivity index (χ2v) is 6.69. The smallest absolute Gasteiger partial charge is 0.231 e. The summed E-state index contributed by atoms with van der Waals surface area (Å²) in [5, 5.41) is 2.52. The van der Waals surface area contributed by atoms with Crippen molar-refractivity contribution in [2.24, 2.45) is 0 Å². The molecule has 4 heteroatoms. The Labute approximate surface area is 146 Å². The molecule has 0 atom stereocenters. The Morgan fingerprint density at radius 1 is 0.783 bits per heavy atom. The van der Waals surface area contributed by atoms with Crippen molar-refractivity contribution >= 4 is 44.4 Å². The molecule has 23 heavy (non-hydrogen) atoms. The highest BCUT2D eigenvalue weighted by Crippen LogP contribution is 2.40. The summed E-state index contributed by atoms with van der Waals surface area (Å²) in [6.07, 6.45) is 0. The Kier molecular flexibility index (Phi) is 2.82. The van der Waals surface area contributed by atoms with Crippen molar-refractivity contribution in [1.29, 1.82) is 0 Å². The van der Waals surface area contributed by atoms with Gasteiger partial charge in [-0.3, -0.25) is 0 Å². The van der Waals surface area contributed by atoms with Crippen LogP contribution in [0, 0.1) is 3.57 Å². The Balaban J connectivity index is 1.93. The Hall–Kier alpha value is -2.21. The molecule has 5 rings (SSSR count). The van der Waals surface area contributed by atoms with Gasteiger partial charge in [-0.15, -0.1) is 0 Å². The number of para-hydroxylation sites is 2. The molecule has 0 unspecified atom stereocenters. The number of rotatable bonds is 1. The van der Waals surface area contributed by atoms with Gasteiger partial charge < -0.3 is 14.0 Å². The van der Waals surface area contributed by atoms with Crippen LogP contribution in [-0.4, -0.2) is 11.4 Å². The van der Waals surface area contributed by atoms with E-state index in [9.17, 15) is 0 Å². The van der Waals surface area contributed by atoms with Crippen LogP contribution in [0.15, 0.2) is 60.7 Å². The second-order valence-electron chi connectivity index (χ2n) is 5.53. The molecule has 0 saturated carbocycles. The number of benzene rings is 3. The van der Waals surface area contributed by atoms with Crippen molar-refractivity contribution in [3.05, 3.63) is 64.2 Å². The van der Waals surface area contributed by atoms with E-state index in [0.29, 0.717) is 6.79 Å². The molecule has 0 spiro atoms. The van der Waals surface area contributed by atoms with Crippen LogP contribution in [0.1, 0.15) is 0 Å². The Bertz CT molecular complexity index is 1010. The monoisotopic (exact) mass is 413 g/mol. The SMILES string of the molecule is Ic1cc2c(cc1-n1c3ccccc3c3ccccc31)OCO2. The third-order valence-corrected chi connectivity index (χ3v) is 5.13. The van der Waals surface area contributed by atoms with Gasteiger partial charge in [0.25, 0.3) is 0 Å². The fourth-order valence-corrected chi connectivity index (χ4v) is 3.94. The largest absolute Gasteiger partial charge is 0.454 e. The maximum absolute atomic E-state index is 5.58. The molecule has 4 aromatic rings. The highest BCUT2D eigenvalue weighted by Gasteiger charge is 2.19. The van der Waals surface area contributed by atoms with Crippen molar-refractivity contribution in [3.63, 3.8) is 0 Å². The summed E-state index contributed by atoms with van der Waals surface area (Å²) in [7, 11) is 0. The van der Waals surface area contributed by atoms with E-state index in [1.54, 1.807) is 0 Å². The minimum Gasteiger partial charge on any atom is -0.454 e. The minimum absolute atomic E-state index is 0.294. The zero-order valence-corrected chi connectivity index (χ0v) is 14.3. The second kappa shape index (κ2) is 4.89. The molecule has 1 aromatic heterocycles. The van der Waals surface area contributed by atoms with Crippen LogP contribution in [0.5, 0.6) is 11.5 Å². The number of halogens is 1. The van der Waals surface area contributed by atoms with E-state index in [2.05, 4.69) is 81.8 Å². The van der Waals surface area contributed by atoms with E-state index in [-0.39, 0.29) is 0 Å². The molecule has 112 valence electrons. The molecule has 2 heterocycles. The lowest BCUT2D eigenvalue weighted by Crippen LogP contribution is -1.97. The van der Waals surface area contributed by atoms with Crippen LogP contribution < -0.4 is 9.47 Å². The lowest BCUT2D eigenvalue weighted by Gasteiger charge is -2.11. The van der Waals surface area contributed by atoms with Crippen LogP contribution in [-0.2, 0) is 0 Å². The predicted octanol–water partition coefficient (Wildman–Crippen LogP) is 5.12. The van der Waals surface area contributed by atoms with Crippen LogP contribution >= 0.6 is 22.6 Å². The number of nitrogens with zero attached hydrogens (tertiary/aromatic N) is 1. The maximum atomic E-state index is 5.58. The van der Waals surface area contributed by atoms with Crippen molar-refractivity contribution < 1.29 is 9.47 Å². The molecule has 1 aliphatic rings. The third-order valence-electron chi connectivity index (χ3n) is 4.26. The summed E-state index contributed by atoms with van der Waals surface area (Å²) in [6.45, 7) is 0.294. The summed E-state index contributed by atoms with van der Waals surface area (Å²) in [4.78, 5) is 0. The number of aromatic nitrogens is 1. The highest BCUT2D eigenvalue weighted by atomic mass is 127. The van der Waals surface area contributed by atoms with E-state index >= 15 is 0 Å². The summed E-state index contributed by atoms with van der Waals surface area (Å²) in [6, 6.07) is 21.1. The average Bonchev–Trinajstić information content (AvgIpc) is 3.16. The number of ether oxygens (including phenoxy) is 2. The fraction of sp³-hybridized carbons (Fsp3) is 0.0526. The van der Waals surface area contributed by atoms with Crippen molar-refractivity contribution in [1.82, 2.24) is 4.57 Å². The topological polar surface area (TPSA) is 23.4 Å². The summed E-state index contributed by atoms with van der Waals surface area (Å²) >= 11 is 2.36. The first-order chi connectivity index (χ1) is 11.3. The Morgan fingerprint density at radius 3 is 2.00 bits per heavy atom. The van der Waals surface area contributed by atoms with Crippen molar-refractivity contribution in [2.45, 2.75) is 0 Å². The molecule has 0 saturated heterocycles. The first-order valence-electron chi connectivity index (χ1n) is 7.40. The molecule has 0 aliphatic carbocycles. The molecule has 3 aromatic carbocycles. The standard InChI is InChI=1S/C19H12INO2/c20-14-9-18-19(23-11-22-18)10-17(14)21-15-7-3-1-5-12(15)13-6-2-4-8-16(13)21/h1-10H,11H2. The minimum atomic E-state index is 0.294. The molecule has 1 aliphatic heterocycles. The lowest BCUT2D eigenvalue weighted by molar-refractivity contribution is 0.174. The van der Waals surface area contributed by atoms with E-state index in [1.165, 1.54) is 21.8 Å². The summed E-state index contributed by atoms with van der Waals surface area (Å²) < 4.78 is 14.5. The van der Waals surface area contributed by atoms with Gasteiger partial charge in [0, 0.05) is 20.4 Å². The zero-order chi connectivity index (χ0) is 15.4.